The van der Waals surface area contributed by atoms with Gasteiger partial charge < -0.3 is 15.8 Å². The smallest absolute Gasteiger partial charge is 0.245 e. The quantitative estimate of drug-likeness (QED) is 0.632. The SMILES string of the molecule is COCC(=O)NCCCCCc1cc(-c2cccc(Cl)c2Cl)nc(N)n1. The van der Waals surface area contributed by atoms with E-state index in [0.29, 0.717) is 22.3 Å². The van der Waals surface area contributed by atoms with Gasteiger partial charge in [0.2, 0.25) is 11.9 Å². The molecule has 2 aromatic rings. The number of carbonyl (C=O) groups is 1. The summed E-state index contributed by atoms with van der Waals surface area (Å²) in [6, 6.07) is 7.28. The molecule has 0 saturated heterocycles. The second-order valence-electron chi connectivity index (χ2n) is 5.80. The van der Waals surface area contributed by atoms with Crippen molar-refractivity contribution in [3.8, 4) is 11.3 Å². The van der Waals surface area contributed by atoms with Gasteiger partial charge in [0.05, 0.1) is 15.7 Å². The average Bonchev–Trinajstić information content (AvgIpc) is 2.60. The topological polar surface area (TPSA) is 90.1 Å². The number of carbonyl (C=O) groups excluding carboxylic acids is 1. The Bertz CT molecular complexity index is 756. The van der Waals surface area contributed by atoms with Gasteiger partial charge in [-0.3, -0.25) is 4.79 Å². The molecule has 0 bridgehead atoms. The van der Waals surface area contributed by atoms with Crippen LogP contribution >= 0.6 is 23.2 Å². The van der Waals surface area contributed by atoms with Crippen LogP contribution in [0.2, 0.25) is 10.0 Å². The van der Waals surface area contributed by atoms with Crippen LogP contribution < -0.4 is 11.1 Å². The zero-order chi connectivity index (χ0) is 18.9. The van der Waals surface area contributed by atoms with Gasteiger partial charge in [-0.15, -0.1) is 0 Å². The number of benzene rings is 1. The van der Waals surface area contributed by atoms with E-state index in [9.17, 15) is 4.79 Å². The number of hydrogen-bond acceptors (Lipinski definition) is 5. The normalized spacial score (nSPS) is 10.7. The van der Waals surface area contributed by atoms with Gasteiger partial charge in [0.15, 0.2) is 0 Å². The Hall–Kier alpha value is -1.89. The number of nitrogens with two attached hydrogens (primary N) is 1. The first-order valence-electron chi connectivity index (χ1n) is 8.34. The van der Waals surface area contributed by atoms with Gasteiger partial charge in [0.25, 0.3) is 0 Å². The number of unbranched alkanes of at least 4 members (excludes halogenated alkanes) is 2. The van der Waals surface area contributed by atoms with E-state index in [4.69, 9.17) is 33.7 Å². The maximum atomic E-state index is 11.3. The third-order valence-corrected chi connectivity index (χ3v) is 4.55. The number of anilines is 1. The molecule has 140 valence electrons. The number of halogens is 2. The standard InChI is InChI=1S/C18H22Cl2N4O2/c1-26-11-16(25)22-9-4-2-3-6-12-10-15(24-18(21)23-12)13-7-5-8-14(19)17(13)20/h5,7-8,10H,2-4,6,9,11H2,1H3,(H,22,25)(H2,21,23,24). The molecule has 2 rings (SSSR count). The zero-order valence-corrected chi connectivity index (χ0v) is 16.1. The predicted octanol–water partition coefficient (Wildman–Crippen LogP) is 3.51. The molecule has 0 fully saturated rings. The van der Waals surface area contributed by atoms with E-state index in [1.54, 1.807) is 6.07 Å². The fourth-order valence-corrected chi connectivity index (χ4v) is 2.90. The van der Waals surface area contributed by atoms with E-state index in [1.165, 1.54) is 7.11 Å². The van der Waals surface area contributed by atoms with E-state index in [0.717, 1.165) is 36.9 Å². The highest BCUT2D eigenvalue weighted by molar-refractivity contribution is 6.43. The van der Waals surface area contributed by atoms with Crippen LogP contribution in [0.4, 0.5) is 5.95 Å². The van der Waals surface area contributed by atoms with Crippen molar-refractivity contribution in [2.45, 2.75) is 25.7 Å². The maximum absolute atomic E-state index is 11.3. The molecule has 26 heavy (non-hydrogen) atoms. The number of amides is 1. The summed E-state index contributed by atoms with van der Waals surface area (Å²) in [5.74, 6) is 0.111. The van der Waals surface area contributed by atoms with Gasteiger partial charge in [0, 0.05) is 24.9 Å². The number of hydrogen-bond donors (Lipinski definition) is 2. The van der Waals surface area contributed by atoms with Gasteiger partial charge in [-0.1, -0.05) is 41.8 Å². The molecular formula is C18H22Cl2N4O2. The molecule has 1 aromatic heterocycles. The lowest BCUT2D eigenvalue weighted by Gasteiger charge is -2.09. The molecule has 0 spiro atoms. The lowest BCUT2D eigenvalue weighted by molar-refractivity contribution is -0.124. The number of nitrogens with one attached hydrogen (secondary N) is 1. The third-order valence-electron chi connectivity index (χ3n) is 3.73. The number of aromatic nitrogens is 2. The molecule has 8 heteroatoms. The molecule has 1 amide bonds. The van der Waals surface area contributed by atoms with Crippen molar-refractivity contribution in [1.82, 2.24) is 15.3 Å². The van der Waals surface area contributed by atoms with E-state index in [1.807, 2.05) is 18.2 Å². The van der Waals surface area contributed by atoms with Crippen LogP contribution in [0.5, 0.6) is 0 Å². The molecule has 0 radical (unpaired) electrons. The molecule has 0 saturated carbocycles. The lowest BCUT2D eigenvalue weighted by Crippen LogP contribution is -2.27. The monoisotopic (exact) mass is 396 g/mol. The Balaban J connectivity index is 1.90. The Morgan fingerprint density at radius 3 is 2.81 bits per heavy atom. The third kappa shape index (κ3) is 6.12. The molecule has 3 N–H and O–H groups in total. The Labute approximate surface area is 163 Å². The summed E-state index contributed by atoms with van der Waals surface area (Å²) >= 11 is 12.3. The number of aryl methyl sites for hydroxylation is 1. The van der Waals surface area contributed by atoms with E-state index < -0.39 is 0 Å². The Morgan fingerprint density at radius 2 is 2.04 bits per heavy atom. The molecule has 0 atom stereocenters. The summed E-state index contributed by atoms with van der Waals surface area (Å²) in [5.41, 5.74) is 8.09. The summed E-state index contributed by atoms with van der Waals surface area (Å²) in [7, 11) is 1.50. The van der Waals surface area contributed by atoms with Crippen molar-refractivity contribution >= 4 is 35.1 Å². The second-order valence-corrected chi connectivity index (χ2v) is 6.58. The first-order valence-corrected chi connectivity index (χ1v) is 9.10. The zero-order valence-electron chi connectivity index (χ0n) is 14.6. The molecule has 0 aliphatic heterocycles. The minimum Gasteiger partial charge on any atom is -0.375 e. The van der Waals surface area contributed by atoms with Gasteiger partial charge in [-0.25, -0.2) is 9.97 Å². The molecule has 1 aromatic carbocycles. The molecule has 1 heterocycles. The second kappa shape index (κ2) is 10.3. The predicted molar refractivity (Wildman–Crippen MR) is 104 cm³/mol. The van der Waals surface area contributed by atoms with Crippen LogP contribution in [-0.4, -0.2) is 36.1 Å². The number of methoxy groups -OCH3 is 1. The van der Waals surface area contributed by atoms with Crippen molar-refractivity contribution in [3.63, 3.8) is 0 Å². The van der Waals surface area contributed by atoms with Crippen molar-refractivity contribution in [2.24, 2.45) is 0 Å². The first kappa shape index (κ1) is 20.4. The van der Waals surface area contributed by atoms with E-state index in [-0.39, 0.29) is 18.5 Å². The van der Waals surface area contributed by atoms with Crippen LogP contribution in [0, 0.1) is 0 Å². The van der Waals surface area contributed by atoms with Crippen molar-refractivity contribution in [3.05, 3.63) is 40.0 Å². The Morgan fingerprint density at radius 1 is 1.23 bits per heavy atom. The van der Waals surface area contributed by atoms with Crippen LogP contribution in [0.1, 0.15) is 25.0 Å². The van der Waals surface area contributed by atoms with Crippen LogP contribution in [0.25, 0.3) is 11.3 Å². The van der Waals surface area contributed by atoms with Gasteiger partial charge in [-0.05, 0) is 31.4 Å². The van der Waals surface area contributed by atoms with E-state index >= 15 is 0 Å². The summed E-state index contributed by atoms with van der Waals surface area (Å²) in [4.78, 5) is 19.8. The molecule has 6 nitrogen and oxygen atoms in total. The lowest BCUT2D eigenvalue weighted by atomic mass is 10.1. The van der Waals surface area contributed by atoms with Crippen molar-refractivity contribution in [1.29, 1.82) is 0 Å². The first-order chi connectivity index (χ1) is 12.5. The van der Waals surface area contributed by atoms with Crippen LogP contribution in [0.3, 0.4) is 0 Å². The number of rotatable bonds is 9. The van der Waals surface area contributed by atoms with Crippen LogP contribution in [0.15, 0.2) is 24.3 Å². The number of nitrogens with zero attached hydrogens (tertiary/aromatic N) is 2. The summed E-state index contributed by atoms with van der Waals surface area (Å²) in [6.07, 6.45) is 3.55. The highest BCUT2D eigenvalue weighted by atomic mass is 35.5. The van der Waals surface area contributed by atoms with Gasteiger partial charge in [0.1, 0.15) is 6.61 Å². The average molecular weight is 397 g/mol. The number of ether oxygens (including phenoxy) is 1. The summed E-state index contributed by atoms with van der Waals surface area (Å²) in [6.45, 7) is 0.729. The largest absolute Gasteiger partial charge is 0.375 e. The minimum absolute atomic E-state index is 0.0923. The number of nitrogen functional groups attached to an aromatic ring is 1. The summed E-state index contributed by atoms with van der Waals surface area (Å²) in [5, 5.41) is 3.72. The van der Waals surface area contributed by atoms with E-state index in [2.05, 4.69) is 15.3 Å². The molecular weight excluding hydrogens is 375 g/mol. The maximum Gasteiger partial charge on any atom is 0.245 e. The van der Waals surface area contributed by atoms with Crippen LogP contribution in [-0.2, 0) is 16.0 Å². The molecule has 0 aliphatic rings. The molecule has 0 aliphatic carbocycles. The van der Waals surface area contributed by atoms with Crippen molar-refractivity contribution < 1.29 is 9.53 Å². The molecule has 0 unspecified atom stereocenters. The Kier molecular flexibility index (Phi) is 8.09. The van der Waals surface area contributed by atoms with Crippen molar-refractivity contribution in [2.75, 3.05) is 26.0 Å². The fraction of sp³-hybridized carbons (Fsp3) is 0.389. The van der Waals surface area contributed by atoms with Gasteiger partial charge >= 0.3 is 0 Å². The summed E-state index contributed by atoms with van der Waals surface area (Å²) < 4.78 is 4.76. The van der Waals surface area contributed by atoms with Gasteiger partial charge in [-0.2, -0.15) is 0 Å². The highest BCUT2D eigenvalue weighted by Gasteiger charge is 2.11. The minimum atomic E-state index is -0.0980. The highest BCUT2D eigenvalue weighted by Crippen LogP contribution is 2.32. The fourth-order valence-electron chi connectivity index (χ4n) is 2.50.